The van der Waals surface area contributed by atoms with E-state index in [0.717, 1.165) is 12.1 Å². The van der Waals surface area contributed by atoms with Crippen LogP contribution in [0.1, 0.15) is 24.8 Å². The van der Waals surface area contributed by atoms with Gasteiger partial charge in [0.05, 0.1) is 19.8 Å². The van der Waals surface area contributed by atoms with Crippen molar-refractivity contribution in [2.24, 2.45) is 10.2 Å². The number of rotatable bonds is 23. The topological polar surface area (TPSA) is 111 Å². The molecule has 57 heavy (non-hydrogen) atoms. The van der Waals surface area contributed by atoms with E-state index < -0.39 is 110 Å². The Morgan fingerprint density at radius 3 is 1.49 bits per heavy atom. The summed E-state index contributed by atoms with van der Waals surface area (Å²) in [6.45, 7) is -2.69. The molecule has 2 rings (SSSR count). The third-order valence-electron chi connectivity index (χ3n) is 7.52. The highest BCUT2D eigenvalue weighted by molar-refractivity contribution is 5.77. The fraction of sp³-hybridized carbons (Fsp3) is 0.714. The van der Waals surface area contributed by atoms with E-state index in [-0.39, 0.29) is 37.7 Å². The van der Waals surface area contributed by atoms with Gasteiger partial charge in [-0.15, -0.1) is 10.2 Å². The Morgan fingerprint density at radius 2 is 1.00 bits per heavy atom. The number of carbonyl (C=O) groups is 2. The number of ether oxygens (including phenoxy) is 3. The van der Waals surface area contributed by atoms with Gasteiger partial charge in [-0.25, -0.2) is 0 Å². The zero-order valence-electron chi connectivity index (χ0n) is 27.9. The Labute approximate surface area is 305 Å². The van der Waals surface area contributed by atoms with Crippen molar-refractivity contribution < 1.29 is 112 Å². The largest absolute Gasteiger partial charge is 0.484 e. The number of benzene rings is 1. The van der Waals surface area contributed by atoms with Crippen molar-refractivity contribution in [1.29, 1.82) is 0 Å². The molecule has 0 aromatic heterocycles. The first-order valence-electron chi connectivity index (χ1n) is 15.3. The number of nitrogens with one attached hydrogen (secondary N) is 2. The van der Waals surface area contributed by atoms with E-state index in [2.05, 4.69) is 15.5 Å². The molecular weight excluding hydrogens is 852 g/mol. The summed E-state index contributed by atoms with van der Waals surface area (Å²) in [5.74, 6) is -58.4. The lowest BCUT2D eigenvalue weighted by Gasteiger charge is -2.42. The molecule has 0 saturated carbocycles. The molecule has 0 radical (unpaired) electrons. The summed E-state index contributed by atoms with van der Waals surface area (Å²) >= 11 is 0. The Bertz CT molecular complexity index is 1550. The molecule has 328 valence electrons. The molecule has 1 aliphatic heterocycles. The summed E-state index contributed by atoms with van der Waals surface area (Å²) in [6.07, 6.45) is -17.4. The van der Waals surface area contributed by atoms with E-state index in [4.69, 9.17) is 14.2 Å². The zero-order valence-corrected chi connectivity index (χ0v) is 27.9. The van der Waals surface area contributed by atoms with Gasteiger partial charge < -0.3 is 24.8 Å². The number of alkyl halides is 20. The van der Waals surface area contributed by atoms with Crippen LogP contribution in [0.25, 0.3) is 0 Å². The van der Waals surface area contributed by atoms with E-state index >= 15 is 0 Å². The molecule has 0 fully saturated rings. The normalized spacial score (nSPS) is 15.7. The molecule has 0 saturated heterocycles. The Balaban J connectivity index is 1.67. The SMILES string of the molecule is O=C(COCCOCCNC(=O)COc1ccc(C2(C(F)(F)F)N=N2)cc1)NCCCCC(F)(F)C(F)(F)C(F)(F)C(F)(F)C(F)(F)C(F)(F)C(F)(F)C(F)(F)F. The van der Waals surface area contributed by atoms with E-state index in [9.17, 15) is 97.4 Å². The molecule has 0 atom stereocenters. The summed E-state index contributed by atoms with van der Waals surface area (Å²) < 4.78 is 281. The molecule has 29 heteroatoms. The van der Waals surface area contributed by atoms with Gasteiger partial charge in [-0.3, -0.25) is 9.59 Å². The summed E-state index contributed by atoms with van der Waals surface area (Å²) in [5.41, 5.74) is -2.89. The predicted octanol–water partition coefficient (Wildman–Crippen LogP) is 7.69. The third-order valence-corrected chi connectivity index (χ3v) is 7.52. The number of carbonyl (C=O) groups excluding carboxylic acids is 2. The van der Waals surface area contributed by atoms with Crippen molar-refractivity contribution in [1.82, 2.24) is 10.6 Å². The van der Waals surface area contributed by atoms with Crippen LogP contribution >= 0.6 is 0 Å². The lowest BCUT2D eigenvalue weighted by atomic mass is 9.88. The van der Waals surface area contributed by atoms with Crippen LogP contribution in [-0.4, -0.2) is 112 Å². The van der Waals surface area contributed by atoms with Crippen molar-refractivity contribution in [2.45, 2.75) is 78.7 Å². The van der Waals surface area contributed by atoms with Crippen LogP contribution in [0.15, 0.2) is 34.5 Å². The standard InChI is InChI=1S/C28H26F20N4O5/c29-19(30,21(31,32)22(33,34)23(35,36)24(37,38)25(39,40)26(41,42)28(46,47)48)7-1-2-8-49-17(53)13-56-12-11-55-10-9-50-18(54)14-57-16-5-3-15(4-6-16)20(51-52-20)27(43,44)45/h3-6H,1-2,7-14H2,(H,49,53)(H,50,54). The number of unbranched alkanes of at least 4 members (excludes halogenated alkanes) is 1. The van der Waals surface area contributed by atoms with Gasteiger partial charge in [0, 0.05) is 25.1 Å². The van der Waals surface area contributed by atoms with E-state index in [1.807, 2.05) is 5.32 Å². The zero-order chi connectivity index (χ0) is 44.2. The van der Waals surface area contributed by atoms with Crippen LogP contribution < -0.4 is 15.4 Å². The fourth-order valence-electron chi connectivity index (χ4n) is 4.18. The van der Waals surface area contributed by atoms with Crippen LogP contribution in [0.4, 0.5) is 87.8 Å². The molecular formula is C28H26F20N4O5. The van der Waals surface area contributed by atoms with Crippen molar-refractivity contribution >= 4 is 11.8 Å². The highest BCUT2D eigenvalue weighted by Crippen LogP contribution is 2.64. The fourth-order valence-corrected chi connectivity index (χ4v) is 4.18. The minimum absolute atomic E-state index is 0.0552. The van der Waals surface area contributed by atoms with Crippen molar-refractivity contribution in [3.63, 3.8) is 0 Å². The molecule has 2 amide bonds. The van der Waals surface area contributed by atoms with Gasteiger partial charge in [-0.1, -0.05) is 12.1 Å². The average molecular weight is 878 g/mol. The minimum atomic E-state index is -8.70. The molecule has 1 aromatic rings. The first-order chi connectivity index (χ1) is 25.7. The summed E-state index contributed by atoms with van der Waals surface area (Å²) in [5, 5.41) is 10.4. The first kappa shape index (κ1) is 49.2. The molecule has 0 spiro atoms. The number of amides is 2. The van der Waals surface area contributed by atoms with Gasteiger partial charge in [0.1, 0.15) is 12.4 Å². The van der Waals surface area contributed by atoms with E-state index in [1.165, 1.54) is 12.1 Å². The lowest BCUT2D eigenvalue weighted by Crippen LogP contribution is -2.74. The maximum atomic E-state index is 13.9. The summed E-state index contributed by atoms with van der Waals surface area (Å²) in [7, 11) is 0. The van der Waals surface area contributed by atoms with E-state index in [0.29, 0.717) is 0 Å². The van der Waals surface area contributed by atoms with Crippen LogP contribution in [0.5, 0.6) is 5.75 Å². The number of hydrogen-bond donors (Lipinski definition) is 2. The maximum Gasteiger partial charge on any atom is 0.460 e. The molecule has 0 aliphatic carbocycles. The van der Waals surface area contributed by atoms with Gasteiger partial charge in [0.2, 0.25) is 5.91 Å². The molecule has 0 bridgehead atoms. The van der Waals surface area contributed by atoms with Crippen LogP contribution in [0.2, 0.25) is 0 Å². The van der Waals surface area contributed by atoms with Crippen molar-refractivity contribution in [3.05, 3.63) is 29.8 Å². The van der Waals surface area contributed by atoms with E-state index in [1.54, 1.807) is 0 Å². The Hall–Kier alpha value is -3.92. The smallest absolute Gasteiger partial charge is 0.460 e. The molecule has 1 heterocycles. The second kappa shape index (κ2) is 17.1. The maximum absolute atomic E-state index is 13.9. The van der Waals surface area contributed by atoms with Gasteiger partial charge in [0.15, 0.2) is 6.61 Å². The molecule has 2 N–H and O–H groups in total. The average Bonchev–Trinajstić information content (AvgIpc) is 3.90. The molecule has 9 nitrogen and oxygen atoms in total. The monoisotopic (exact) mass is 878 g/mol. The number of nitrogens with zero attached hydrogens (tertiary/aromatic N) is 2. The van der Waals surface area contributed by atoms with Crippen molar-refractivity contribution in [2.75, 3.05) is 46.1 Å². The van der Waals surface area contributed by atoms with Crippen LogP contribution in [-0.2, 0) is 24.7 Å². The Kier molecular flexibility index (Phi) is 14.8. The second-order valence-electron chi connectivity index (χ2n) is 11.7. The molecule has 1 aliphatic rings. The van der Waals surface area contributed by atoms with Crippen molar-refractivity contribution in [3.8, 4) is 5.75 Å². The second-order valence-corrected chi connectivity index (χ2v) is 11.7. The molecule has 1 aromatic carbocycles. The summed E-state index contributed by atoms with van der Waals surface area (Å²) in [4.78, 5) is 23.5. The molecule has 0 unspecified atom stereocenters. The van der Waals surface area contributed by atoms with Gasteiger partial charge in [0.25, 0.3) is 5.91 Å². The quantitative estimate of drug-likeness (QED) is 0.0866. The number of hydrogen-bond acceptors (Lipinski definition) is 7. The minimum Gasteiger partial charge on any atom is -0.484 e. The third kappa shape index (κ3) is 10.0. The van der Waals surface area contributed by atoms with Gasteiger partial charge in [-0.05, 0) is 25.0 Å². The van der Waals surface area contributed by atoms with Gasteiger partial charge in [-0.2, -0.15) is 87.8 Å². The Morgan fingerprint density at radius 1 is 0.544 bits per heavy atom. The van der Waals surface area contributed by atoms with Gasteiger partial charge >= 0.3 is 59.5 Å². The number of halogens is 20. The van der Waals surface area contributed by atoms with Crippen LogP contribution in [0, 0.1) is 0 Å². The first-order valence-corrected chi connectivity index (χ1v) is 15.3. The highest BCUT2D eigenvalue weighted by atomic mass is 19.4. The highest BCUT2D eigenvalue weighted by Gasteiger charge is 2.95. The lowest BCUT2D eigenvalue weighted by molar-refractivity contribution is -0.461. The predicted molar refractivity (Wildman–Crippen MR) is 147 cm³/mol. The summed E-state index contributed by atoms with van der Waals surface area (Å²) in [6, 6.07) is 4.47. The van der Waals surface area contributed by atoms with Crippen LogP contribution in [0.3, 0.4) is 0 Å².